The van der Waals surface area contributed by atoms with Gasteiger partial charge in [0.15, 0.2) is 0 Å². The molecule has 1 rings (SSSR count). The zero-order valence-corrected chi connectivity index (χ0v) is 10.9. The minimum Gasteiger partial charge on any atom is -0.388 e. The van der Waals surface area contributed by atoms with Gasteiger partial charge in [-0.1, -0.05) is 13.8 Å². The number of aromatic amines is 1. The van der Waals surface area contributed by atoms with Gasteiger partial charge in [-0.15, -0.1) is 0 Å². The van der Waals surface area contributed by atoms with Crippen molar-refractivity contribution in [1.82, 2.24) is 15.5 Å². The van der Waals surface area contributed by atoms with Crippen LogP contribution < -0.4 is 5.32 Å². The second-order valence-corrected chi connectivity index (χ2v) is 4.42. The highest BCUT2D eigenvalue weighted by Crippen LogP contribution is 2.14. The molecule has 0 saturated heterocycles. The van der Waals surface area contributed by atoms with Crippen molar-refractivity contribution in [3.05, 3.63) is 17.0 Å². The minimum absolute atomic E-state index is 0.186. The van der Waals surface area contributed by atoms with E-state index in [9.17, 15) is 9.90 Å². The van der Waals surface area contributed by atoms with Gasteiger partial charge in [0, 0.05) is 12.2 Å². The van der Waals surface area contributed by atoms with Gasteiger partial charge in [-0.05, 0) is 26.7 Å². The normalized spacial score (nSPS) is 11.6. The molecule has 96 valence electrons. The Morgan fingerprint density at radius 2 is 2.00 bits per heavy atom. The lowest BCUT2D eigenvalue weighted by atomic mass is 9.97. The Labute approximate surface area is 102 Å². The molecule has 0 aliphatic heterocycles. The Balaban J connectivity index is 2.68. The van der Waals surface area contributed by atoms with Gasteiger partial charge >= 0.3 is 0 Å². The number of rotatable bonds is 5. The topological polar surface area (TPSA) is 78.0 Å². The number of carbonyl (C=O) groups excluding carboxylic acids is 1. The Morgan fingerprint density at radius 1 is 1.41 bits per heavy atom. The molecule has 1 aromatic rings. The van der Waals surface area contributed by atoms with E-state index in [0.717, 1.165) is 5.69 Å². The fourth-order valence-corrected chi connectivity index (χ4v) is 1.72. The second-order valence-electron chi connectivity index (χ2n) is 4.42. The number of H-pyrrole nitrogens is 1. The molecule has 1 amide bonds. The highest BCUT2D eigenvalue weighted by Gasteiger charge is 2.24. The third-order valence-electron chi connectivity index (χ3n) is 3.25. The molecule has 0 aliphatic carbocycles. The Kier molecular flexibility index (Phi) is 4.28. The van der Waals surface area contributed by atoms with Crippen molar-refractivity contribution >= 4 is 5.91 Å². The first-order chi connectivity index (χ1) is 7.93. The molecule has 0 spiro atoms. The van der Waals surface area contributed by atoms with Crippen LogP contribution in [0.3, 0.4) is 0 Å². The fourth-order valence-electron chi connectivity index (χ4n) is 1.72. The molecular weight excluding hydrogens is 218 g/mol. The zero-order valence-electron chi connectivity index (χ0n) is 10.9. The summed E-state index contributed by atoms with van der Waals surface area (Å²) in [4.78, 5) is 11.9. The monoisotopic (exact) mass is 239 g/mol. The first-order valence-corrected chi connectivity index (χ1v) is 5.95. The number of carbonyl (C=O) groups is 1. The van der Waals surface area contributed by atoms with Gasteiger partial charge in [-0.3, -0.25) is 9.89 Å². The first-order valence-electron chi connectivity index (χ1n) is 5.95. The van der Waals surface area contributed by atoms with Crippen molar-refractivity contribution < 1.29 is 9.90 Å². The molecule has 17 heavy (non-hydrogen) atoms. The number of aliphatic hydroxyl groups is 1. The lowest BCUT2D eigenvalue weighted by molar-refractivity contribution is 0.0313. The highest BCUT2D eigenvalue weighted by molar-refractivity contribution is 5.96. The van der Waals surface area contributed by atoms with Gasteiger partial charge in [0.25, 0.3) is 5.91 Å². The molecule has 0 radical (unpaired) electrons. The van der Waals surface area contributed by atoms with Gasteiger partial charge in [-0.25, -0.2) is 0 Å². The summed E-state index contributed by atoms with van der Waals surface area (Å²) in [5, 5.41) is 19.6. The molecule has 0 aromatic carbocycles. The standard InChI is InChI=1S/C12H21N3O2/c1-5-12(17,6-2)7-13-11(16)10-8(3)14-15-9(10)4/h17H,5-7H2,1-4H3,(H,13,16)(H,14,15). The lowest BCUT2D eigenvalue weighted by Crippen LogP contribution is -2.42. The molecule has 5 heteroatoms. The summed E-state index contributed by atoms with van der Waals surface area (Å²) >= 11 is 0. The number of nitrogens with zero attached hydrogens (tertiary/aromatic N) is 1. The van der Waals surface area contributed by atoms with Gasteiger partial charge in [0.1, 0.15) is 0 Å². The van der Waals surface area contributed by atoms with E-state index in [2.05, 4.69) is 15.5 Å². The van der Waals surface area contributed by atoms with Crippen LogP contribution in [0, 0.1) is 13.8 Å². The molecular formula is C12H21N3O2. The van der Waals surface area contributed by atoms with Crippen LogP contribution in [0.15, 0.2) is 0 Å². The van der Waals surface area contributed by atoms with E-state index in [4.69, 9.17) is 0 Å². The zero-order chi connectivity index (χ0) is 13.1. The smallest absolute Gasteiger partial charge is 0.255 e. The average Bonchev–Trinajstić information content (AvgIpc) is 2.66. The number of aryl methyl sites for hydroxylation is 2. The summed E-state index contributed by atoms with van der Waals surface area (Å²) in [6.45, 7) is 7.67. The largest absolute Gasteiger partial charge is 0.388 e. The highest BCUT2D eigenvalue weighted by atomic mass is 16.3. The molecule has 5 nitrogen and oxygen atoms in total. The van der Waals surface area contributed by atoms with E-state index in [1.807, 2.05) is 13.8 Å². The number of hydrogen-bond acceptors (Lipinski definition) is 3. The molecule has 0 fully saturated rings. The summed E-state index contributed by atoms with van der Waals surface area (Å²) in [7, 11) is 0. The second kappa shape index (κ2) is 5.31. The van der Waals surface area contributed by atoms with Crippen LogP contribution in [0.25, 0.3) is 0 Å². The van der Waals surface area contributed by atoms with Crippen molar-refractivity contribution in [1.29, 1.82) is 0 Å². The number of hydrogen-bond donors (Lipinski definition) is 3. The van der Waals surface area contributed by atoms with Gasteiger partial charge in [-0.2, -0.15) is 5.10 Å². The predicted molar refractivity (Wildman–Crippen MR) is 65.9 cm³/mol. The molecule has 0 aliphatic rings. The summed E-state index contributed by atoms with van der Waals surface area (Å²) in [5.41, 5.74) is 1.17. The molecule has 0 saturated carbocycles. The van der Waals surface area contributed by atoms with Crippen molar-refractivity contribution in [3.8, 4) is 0 Å². The van der Waals surface area contributed by atoms with E-state index >= 15 is 0 Å². The van der Waals surface area contributed by atoms with Crippen molar-refractivity contribution in [2.24, 2.45) is 0 Å². The van der Waals surface area contributed by atoms with Crippen LogP contribution in [0.2, 0.25) is 0 Å². The van der Waals surface area contributed by atoms with Gasteiger partial charge < -0.3 is 10.4 Å². The van der Waals surface area contributed by atoms with E-state index in [-0.39, 0.29) is 12.5 Å². The van der Waals surface area contributed by atoms with Crippen LogP contribution in [0.5, 0.6) is 0 Å². The molecule has 1 aromatic heterocycles. The van der Waals surface area contributed by atoms with Crippen molar-refractivity contribution in [2.45, 2.75) is 46.1 Å². The molecule has 3 N–H and O–H groups in total. The number of aromatic nitrogens is 2. The van der Waals surface area contributed by atoms with Crippen LogP contribution in [-0.2, 0) is 0 Å². The molecule has 0 bridgehead atoms. The maximum absolute atomic E-state index is 11.9. The van der Waals surface area contributed by atoms with Crippen LogP contribution in [-0.4, -0.2) is 33.4 Å². The minimum atomic E-state index is -0.818. The van der Waals surface area contributed by atoms with Gasteiger partial charge in [0.05, 0.1) is 16.9 Å². The third kappa shape index (κ3) is 3.06. The summed E-state index contributed by atoms with van der Waals surface area (Å²) < 4.78 is 0. The quantitative estimate of drug-likeness (QED) is 0.725. The summed E-state index contributed by atoms with van der Waals surface area (Å²) in [5.74, 6) is -0.186. The number of amides is 1. The average molecular weight is 239 g/mol. The predicted octanol–water partition coefficient (Wildman–Crippen LogP) is 1.31. The van der Waals surface area contributed by atoms with Crippen LogP contribution in [0.4, 0.5) is 0 Å². The van der Waals surface area contributed by atoms with Crippen LogP contribution in [0.1, 0.15) is 48.4 Å². The maximum Gasteiger partial charge on any atom is 0.255 e. The SMILES string of the molecule is CCC(O)(CC)CNC(=O)c1c(C)n[nH]c1C. The first kappa shape index (κ1) is 13.7. The number of nitrogens with one attached hydrogen (secondary N) is 2. The van der Waals surface area contributed by atoms with E-state index in [0.29, 0.717) is 24.1 Å². The molecule has 0 unspecified atom stereocenters. The van der Waals surface area contributed by atoms with Crippen LogP contribution >= 0.6 is 0 Å². The molecule has 0 atom stereocenters. The molecule has 1 heterocycles. The third-order valence-corrected chi connectivity index (χ3v) is 3.25. The van der Waals surface area contributed by atoms with E-state index in [1.54, 1.807) is 13.8 Å². The maximum atomic E-state index is 11.9. The van der Waals surface area contributed by atoms with E-state index < -0.39 is 5.60 Å². The summed E-state index contributed by atoms with van der Waals surface area (Å²) in [6.07, 6.45) is 1.24. The Hall–Kier alpha value is -1.36. The summed E-state index contributed by atoms with van der Waals surface area (Å²) in [6, 6.07) is 0. The fraction of sp³-hybridized carbons (Fsp3) is 0.667. The van der Waals surface area contributed by atoms with Crippen molar-refractivity contribution in [2.75, 3.05) is 6.54 Å². The van der Waals surface area contributed by atoms with E-state index in [1.165, 1.54) is 0 Å². The Morgan fingerprint density at radius 3 is 2.41 bits per heavy atom. The van der Waals surface area contributed by atoms with Crippen molar-refractivity contribution in [3.63, 3.8) is 0 Å². The lowest BCUT2D eigenvalue weighted by Gasteiger charge is -2.25. The van der Waals surface area contributed by atoms with Gasteiger partial charge in [0.2, 0.25) is 0 Å². The Bertz CT molecular complexity index is 375.